The largest absolute Gasteiger partial charge is 0.507 e. The van der Waals surface area contributed by atoms with Gasteiger partial charge in [0.2, 0.25) is 0 Å². The molecule has 0 radical (unpaired) electrons. The van der Waals surface area contributed by atoms with E-state index in [0.717, 1.165) is 11.0 Å². The Morgan fingerprint density at radius 1 is 1.10 bits per heavy atom. The Kier molecular flexibility index (Phi) is 4.72. The summed E-state index contributed by atoms with van der Waals surface area (Å²) in [6, 6.07) is 13.8. The first kappa shape index (κ1) is 19.0. The molecule has 0 bridgehead atoms. The molecule has 29 heavy (non-hydrogen) atoms. The fourth-order valence-corrected chi connectivity index (χ4v) is 3.48. The Bertz CT molecular complexity index is 1150. The molecule has 5 nitrogen and oxygen atoms in total. The van der Waals surface area contributed by atoms with Gasteiger partial charge in [-0.3, -0.25) is 14.5 Å². The number of amides is 1. The van der Waals surface area contributed by atoms with Crippen LogP contribution in [-0.4, -0.2) is 16.8 Å². The van der Waals surface area contributed by atoms with Crippen LogP contribution >= 0.6 is 11.6 Å². The highest BCUT2D eigenvalue weighted by atomic mass is 35.5. The third-order valence-electron chi connectivity index (χ3n) is 4.68. The highest BCUT2D eigenvalue weighted by Gasteiger charge is 2.48. The van der Waals surface area contributed by atoms with Gasteiger partial charge >= 0.3 is 0 Å². The van der Waals surface area contributed by atoms with Gasteiger partial charge in [0.25, 0.3) is 11.7 Å². The molecule has 1 aliphatic heterocycles. The standard InChI is InChI=1S/C22H15ClFNO4/c1-12-5-10-17(29-12)19-18(20(26)13-6-8-14(23)9-7-13)21(27)22(28)25(19)16-4-2-3-15(24)11-16/h2-11,19,26H,1H3/b20-18-. The molecule has 2 aromatic carbocycles. The van der Waals surface area contributed by atoms with E-state index in [0.29, 0.717) is 16.3 Å². The van der Waals surface area contributed by atoms with Crippen molar-refractivity contribution in [2.45, 2.75) is 13.0 Å². The number of hydrogen-bond acceptors (Lipinski definition) is 4. The Morgan fingerprint density at radius 2 is 1.83 bits per heavy atom. The molecule has 1 saturated heterocycles. The first-order chi connectivity index (χ1) is 13.9. The third-order valence-corrected chi connectivity index (χ3v) is 4.93. The van der Waals surface area contributed by atoms with Gasteiger partial charge in [0.15, 0.2) is 0 Å². The van der Waals surface area contributed by atoms with Gasteiger partial charge in [-0.1, -0.05) is 17.7 Å². The van der Waals surface area contributed by atoms with E-state index in [1.807, 2.05) is 0 Å². The summed E-state index contributed by atoms with van der Waals surface area (Å²) < 4.78 is 19.5. The van der Waals surface area contributed by atoms with Crippen LogP contribution in [0.2, 0.25) is 5.02 Å². The molecule has 0 aliphatic carbocycles. The van der Waals surface area contributed by atoms with Crippen LogP contribution in [0.1, 0.15) is 23.1 Å². The van der Waals surface area contributed by atoms with Gasteiger partial charge < -0.3 is 9.52 Å². The number of ketones is 1. The van der Waals surface area contributed by atoms with Gasteiger partial charge in [-0.2, -0.15) is 0 Å². The number of furan rings is 1. The van der Waals surface area contributed by atoms with Gasteiger partial charge in [-0.25, -0.2) is 4.39 Å². The molecule has 1 N–H and O–H groups in total. The molecule has 0 spiro atoms. The molecule has 1 aliphatic rings. The monoisotopic (exact) mass is 411 g/mol. The fraction of sp³-hybridized carbons (Fsp3) is 0.0909. The summed E-state index contributed by atoms with van der Waals surface area (Å²) in [5.41, 5.74) is 0.358. The predicted octanol–water partition coefficient (Wildman–Crippen LogP) is 5.01. The summed E-state index contributed by atoms with van der Waals surface area (Å²) >= 11 is 5.90. The maximum absolute atomic E-state index is 13.8. The molecular weight excluding hydrogens is 397 g/mol. The van der Waals surface area contributed by atoms with E-state index >= 15 is 0 Å². The van der Waals surface area contributed by atoms with Crippen molar-refractivity contribution in [3.8, 4) is 0 Å². The molecule has 146 valence electrons. The average Bonchev–Trinajstić information content (AvgIpc) is 3.23. The summed E-state index contributed by atoms with van der Waals surface area (Å²) in [4.78, 5) is 26.9. The van der Waals surface area contributed by atoms with E-state index in [1.54, 1.807) is 31.2 Å². The lowest BCUT2D eigenvalue weighted by atomic mass is 9.99. The Morgan fingerprint density at radius 3 is 2.45 bits per heavy atom. The van der Waals surface area contributed by atoms with Crippen LogP contribution in [0.3, 0.4) is 0 Å². The Hall–Kier alpha value is -3.38. The second-order valence-electron chi connectivity index (χ2n) is 6.60. The van der Waals surface area contributed by atoms with E-state index in [9.17, 15) is 19.1 Å². The van der Waals surface area contributed by atoms with Crippen molar-refractivity contribution in [2.24, 2.45) is 0 Å². The maximum atomic E-state index is 13.8. The number of nitrogens with zero attached hydrogens (tertiary/aromatic N) is 1. The minimum Gasteiger partial charge on any atom is -0.507 e. The van der Waals surface area contributed by atoms with Gasteiger partial charge in [0, 0.05) is 16.3 Å². The Labute approximate surface area is 170 Å². The molecule has 0 saturated carbocycles. The highest BCUT2D eigenvalue weighted by Crippen LogP contribution is 2.42. The highest BCUT2D eigenvalue weighted by molar-refractivity contribution is 6.51. The van der Waals surface area contributed by atoms with Crippen molar-refractivity contribution in [1.82, 2.24) is 0 Å². The van der Waals surface area contributed by atoms with Crippen molar-refractivity contribution in [3.63, 3.8) is 0 Å². The first-order valence-electron chi connectivity index (χ1n) is 8.75. The van der Waals surface area contributed by atoms with Crippen molar-refractivity contribution >= 4 is 34.7 Å². The van der Waals surface area contributed by atoms with Crippen LogP contribution < -0.4 is 4.90 Å². The lowest BCUT2D eigenvalue weighted by Gasteiger charge is -2.23. The summed E-state index contributed by atoms with van der Waals surface area (Å²) in [5.74, 6) is -1.85. The van der Waals surface area contributed by atoms with Crippen LogP contribution in [0.25, 0.3) is 5.76 Å². The number of aryl methyl sites for hydroxylation is 1. The van der Waals surface area contributed by atoms with Gasteiger partial charge in [0.05, 0.1) is 5.57 Å². The SMILES string of the molecule is Cc1ccc(C2/C(=C(/O)c3ccc(Cl)cc3)C(=O)C(=O)N2c2cccc(F)c2)o1. The zero-order valence-corrected chi connectivity index (χ0v) is 16.0. The molecule has 1 fully saturated rings. The number of aliphatic hydroxyl groups excluding tert-OH is 1. The molecule has 1 aromatic heterocycles. The zero-order chi connectivity index (χ0) is 20.7. The molecule has 1 unspecified atom stereocenters. The number of carbonyl (C=O) groups excluding carboxylic acids is 2. The van der Waals surface area contributed by atoms with Crippen LogP contribution in [0, 0.1) is 12.7 Å². The molecular formula is C22H15ClFNO4. The van der Waals surface area contributed by atoms with E-state index < -0.39 is 23.5 Å². The predicted molar refractivity (Wildman–Crippen MR) is 106 cm³/mol. The van der Waals surface area contributed by atoms with Crippen LogP contribution in [0.4, 0.5) is 10.1 Å². The van der Waals surface area contributed by atoms with E-state index in [2.05, 4.69) is 0 Å². The van der Waals surface area contributed by atoms with Crippen molar-refractivity contribution in [2.75, 3.05) is 4.90 Å². The number of hydrogen-bond donors (Lipinski definition) is 1. The summed E-state index contributed by atoms with van der Waals surface area (Å²) in [6.45, 7) is 1.72. The maximum Gasteiger partial charge on any atom is 0.300 e. The molecule has 1 atom stereocenters. The minimum absolute atomic E-state index is 0.143. The van der Waals surface area contributed by atoms with Crippen molar-refractivity contribution in [1.29, 1.82) is 0 Å². The van der Waals surface area contributed by atoms with Gasteiger partial charge in [0.1, 0.15) is 29.1 Å². The van der Waals surface area contributed by atoms with E-state index in [4.69, 9.17) is 16.0 Å². The molecule has 3 aromatic rings. The zero-order valence-electron chi connectivity index (χ0n) is 15.2. The smallest absolute Gasteiger partial charge is 0.300 e. The van der Waals surface area contributed by atoms with Crippen LogP contribution in [0.5, 0.6) is 0 Å². The minimum atomic E-state index is -1.04. The van der Waals surface area contributed by atoms with Crippen molar-refractivity contribution in [3.05, 3.63) is 94.2 Å². The quantitative estimate of drug-likeness (QED) is 0.374. The number of Topliss-reactive ketones (excluding diaryl/α,β-unsaturated/α-hetero) is 1. The third kappa shape index (κ3) is 3.32. The lowest BCUT2D eigenvalue weighted by Crippen LogP contribution is -2.29. The molecule has 4 rings (SSSR count). The number of halogens is 2. The number of carbonyl (C=O) groups is 2. The second-order valence-corrected chi connectivity index (χ2v) is 7.04. The average molecular weight is 412 g/mol. The molecule has 2 heterocycles. The van der Waals surface area contributed by atoms with E-state index in [-0.39, 0.29) is 22.8 Å². The topological polar surface area (TPSA) is 70.8 Å². The molecule has 1 amide bonds. The normalized spacial score (nSPS) is 18.4. The fourth-order valence-electron chi connectivity index (χ4n) is 3.36. The van der Waals surface area contributed by atoms with Crippen LogP contribution in [0.15, 0.2) is 70.7 Å². The Balaban J connectivity index is 1.94. The van der Waals surface area contributed by atoms with Crippen LogP contribution in [-0.2, 0) is 9.59 Å². The summed E-state index contributed by atoms with van der Waals surface area (Å²) in [6.07, 6.45) is 0. The first-order valence-corrected chi connectivity index (χ1v) is 9.13. The van der Waals surface area contributed by atoms with Gasteiger partial charge in [-0.05, 0) is 61.5 Å². The van der Waals surface area contributed by atoms with E-state index in [1.165, 1.54) is 30.3 Å². The number of aliphatic hydroxyl groups is 1. The summed E-state index contributed by atoms with van der Waals surface area (Å²) in [5, 5.41) is 11.3. The number of rotatable bonds is 3. The number of benzene rings is 2. The lowest BCUT2D eigenvalue weighted by molar-refractivity contribution is -0.132. The second kappa shape index (κ2) is 7.22. The van der Waals surface area contributed by atoms with Gasteiger partial charge in [-0.15, -0.1) is 0 Å². The number of anilines is 1. The van der Waals surface area contributed by atoms with Crippen molar-refractivity contribution < 1.29 is 23.5 Å². The summed E-state index contributed by atoms with van der Waals surface area (Å²) in [7, 11) is 0. The molecule has 7 heteroatoms.